The summed E-state index contributed by atoms with van der Waals surface area (Å²) in [6.45, 7) is 6.21. The van der Waals surface area contributed by atoms with Gasteiger partial charge in [-0.25, -0.2) is 4.39 Å². The molecule has 2 aliphatic rings. The highest BCUT2D eigenvalue weighted by molar-refractivity contribution is 8.01. The molecule has 0 spiro atoms. The molecule has 4 rings (SSSR count). The lowest BCUT2D eigenvalue weighted by Gasteiger charge is -2.37. The first kappa shape index (κ1) is 21.1. The normalized spacial score (nSPS) is 23.2. The van der Waals surface area contributed by atoms with E-state index in [9.17, 15) is 14.3 Å². The summed E-state index contributed by atoms with van der Waals surface area (Å²) in [5.41, 5.74) is 5.18. The van der Waals surface area contributed by atoms with Gasteiger partial charge >= 0.3 is 5.97 Å². The van der Waals surface area contributed by atoms with Crippen LogP contribution in [-0.4, -0.2) is 28.0 Å². The van der Waals surface area contributed by atoms with Crippen molar-refractivity contribution >= 4 is 23.3 Å². The van der Waals surface area contributed by atoms with E-state index in [2.05, 4.69) is 26.0 Å². The highest BCUT2D eigenvalue weighted by atomic mass is 32.2. The van der Waals surface area contributed by atoms with Crippen LogP contribution in [0.2, 0.25) is 0 Å². The summed E-state index contributed by atoms with van der Waals surface area (Å²) in [4.78, 5) is 13.0. The molecule has 2 aromatic carbocycles. The Hall–Kier alpha value is -2.11. The molecule has 0 bridgehead atoms. The summed E-state index contributed by atoms with van der Waals surface area (Å²) in [6.07, 6.45) is 1.06. The van der Waals surface area contributed by atoms with E-state index in [1.807, 2.05) is 36.0 Å². The maximum absolute atomic E-state index is 14.0. The minimum atomic E-state index is -0.626. The second kappa shape index (κ2) is 8.20. The molecule has 2 heterocycles. The molecule has 30 heavy (non-hydrogen) atoms. The summed E-state index contributed by atoms with van der Waals surface area (Å²) in [7, 11) is 0. The zero-order valence-corrected chi connectivity index (χ0v) is 18.4. The van der Waals surface area contributed by atoms with E-state index >= 15 is 0 Å². The maximum atomic E-state index is 14.0. The van der Waals surface area contributed by atoms with Gasteiger partial charge in [0, 0.05) is 16.1 Å². The van der Waals surface area contributed by atoms with Crippen molar-refractivity contribution in [2.45, 2.75) is 68.3 Å². The third kappa shape index (κ3) is 4.19. The topological polar surface area (TPSA) is 46.5 Å². The predicted octanol–water partition coefficient (Wildman–Crippen LogP) is 5.67. The second-order valence-electron chi connectivity index (χ2n) is 8.67. The average molecular weight is 427 g/mol. The molecular weight excluding hydrogens is 399 g/mol. The van der Waals surface area contributed by atoms with E-state index in [0.29, 0.717) is 18.4 Å². The van der Waals surface area contributed by atoms with Crippen LogP contribution in [0.4, 0.5) is 4.39 Å². The Kier molecular flexibility index (Phi) is 5.78. The van der Waals surface area contributed by atoms with E-state index < -0.39 is 6.10 Å². The molecule has 5 heteroatoms. The predicted molar refractivity (Wildman–Crippen MR) is 118 cm³/mol. The van der Waals surface area contributed by atoms with E-state index in [1.165, 1.54) is 16.5 Å². The molecule has 0 radical (unpaired) electrons. The number of aryl methyl sites for hydroxylation is 1. The van der Waals surface area contributed by atoms with Crippen molar-refractivity contribution in [1.29, 1.82) is 0 Å². The van der Waals surface area contributed by atoms with E-state index in [1.54, 1.807) is 6.92 Å². The molecule has 158 valence electrons. The first-order valence-corrected chi connectivity index (χ1v) is 11.2. The van der Waals surface area contributed by atoms with Gasteiger partial charge in [0.25, 0.3) is 0 Å². The number of halogens is 1. The molecule has 2 atom stereocenters. The van der Waals surface area contributed by atoms with Crippen LogP contribution >= 0.6 is 11.8 Å². The summed E-state index contributed by atoms with van der Waals surface area (Å²) in [5, 5.41) is 9.95. The molecular formula is C25H27FO3S. The zero-order valence-electron chi connectivity index (χ0n) is 17.6. The van der Waals surface area contributed by atoms with Crippen LogP contribution in [0.15, 0.2) is 52.9 Å². The monoisotopic (exact) mass is 426 g/mol. The number of hydrogen-bond acceptors (Lipinski definition) is 4. The largest absolute Gasteiger partial charge is 0.462 e. The van der Waals surface area contributed by atoms with Gasteiger partial charge in [-0.15, -0.1) is 11.8 Å². The fourth-order valence-electron chi connectivity index (χ4n) is 4.46. The number of rotatable bonds is 4. The molecule has 1 fully saturated rings. The molecule has 2 aliphatic heterocycles. The van der Waals surface area contributed by atoms with Crippen molar-refractivity contribution < 1.29 is 19.0 Å². The van der Waals surface area contributed by atoms with Crippen molar-refractivity contribution in [2.24, 2.45) is 0 Å². The fourth-order valence-corrected chi connectivity index (χ4v) is 5.77. The van der Waals surface area contributed by atoms with E-state index in [-0.39, 0.29) is 29.1 Å². The number of thioether (sulfide) groups is 1. The van der Waals surface area contributed by atoms with Crippen LogP contribution in [0, 0.1) is 12.7 Å². The Labute approximate surface area is 181 Å². The van der Waals surface area contributed by atoms with Crippen LogP contribution in [0.1, 0.15) is 56.2 Å². The van der Waals surface area contributed by atoms with Crippen LogP contribution in [-0.2, 0) is 9.53 Å². The van der Waals surface area contributed by atoms with Gasteiger partial charge in [-0.2, -0.15) is 0 Å². The highest BCUT2D eigenvalue weighted by Crippen LogP contribution is 2.52. The number of cyclic esters (lactones) is 1. The Balaban J connectivity index is 1.77. The Bertz CT molecular complexity index is 1010. The number of benzene rings is 2. The number of carbonyl (C=O) groups excluding carboxylic acids is 1. The Morgan fingerprint density at radius 2 is 2.00 bits per heavy atom. The minimum absolute atomic E-state index is 0.0774. The van der Waals surface area contributed by atoms with Gasteiger partial charge in [0.1, 0.15) is 11.9 Å². The van der Waals surface area contributed by atoms with Gasteiger partial charge in [0.2, 0.25) is 0 Å². The third-order valence-corrected chi connectivity index (χ3v) is 7.28. The molecule has 1 saturated heterocycles. The lowest BCUT2D eigenvalue weighted by Crippen LogP contribution is -2.33. The number of aliphatic hydroxyl groups is 1. The fraction of sp³-hybridized carbons (Fsp3) is 0.400. The van der Waals surface area contributed by atoms with Gasteiger partial charge in [0.05, 0.1) is 12.5 Å². The van der Waals surface area contributed by atoms with Gasteiger partial charge in [-0.05, 0) is 79.6 Å². The quantitative estimate of drug-likeness (QED) is 0.640. The number of esters is 1. The smallest absolute Gasteiger partial charge is 0.308 e. The Morgan fingerprint density at radius 1 is 1.23 bits per heavy atom. The van der Waals surface area contributed by atoms with Crippen LogP contribution in [0.25, 0.3) is 5.57 Å². The lowest BCUT2D eigenvalue weighted by molar-refractivity contribution is -0.160. The summed E-state index contributed by atoms with van der Waals surface area (Å²) >= 11 is 1.83. The van der Waals surface area contributed by atoms with Gasteiger partial charge in [0.15, 0.2) is 0 Å². The summed E-state index contributed by atoms with van der Waals surface area (Å²) < 4.78 is 19.3. The molecule has 0 amide bonds. The molecule has 0 saturated carbocycles. The number of hydrogen-bond donors (Lipinski definition) is 1. The number of ether oxygens (including phenoxy) is 1. The molecule has 1 N–H and O–H groups in total. The van der Waals surface area contributed by atoms with Crippen molar-refractivity contribution in [2.75, 3.05) is 0 Å². The zero-order chi connectivity index (χ0) is 21.5. The summed E-state index contributed by atoms with van der Waals surface area (Å²) in [6, 6.07) is 13.6. The van der Waals surface area contributed by atoms with Crippen molar-refractivity contribution in [3.05, 3.63) is 70.5 Å². The minimum Gasteiger partial charge on any atom is -0.462 e. The van der Waals surface area contributed by atoms with Gasteiger partial charge < -0.3 is 9.84 Å². The number of fused-ring (bicyclic) bond motifs is 1. The van der Waals surface area contributed by atoms with Gasteiger partial charge in [-0.1, -0.05) is 24.3 Å². The molecule has 0 unspecified atom stereocenters. The first-order valence-electron chi connectivity index (χ1n) is 10.4. The molecule has 0 aliphatic carbocycles. The SMILES string of the molecule is Cc1cc(C2=C(CC[C@H]3C[C@H](O)CC(=O)O3)C(C)(C)Sc3ccccc32)ccc1F. The molecule has 2 aromatic rings. The van der Waals surface area contributed by atoms with E-state index in [4.69, 9.17) is 4.74 Å². The standard InChI is InChI=1S/C25H27FO3S/c1-15-12-16(8-11-21(15)26)24-19-6-4-5-7-22(19)30-25(2,3)20(24)10-9-18-13-17(27)14-23(28)29-18/h4-8,11-12,17-18,27H,9-10,13-14H2,1-3H3/t17-,18-/m0/s1. The van der Waals surface area contributed by atoms with Crippen molar-refractivity contribution in [3.63, 3.8) is 0 Å². The lowest BCUT2D eigenvalue weighted by atomic mass is 9.83. The maximum Gasteiger partial charge on any atom is 0.308 e. The first-order chi connectivity index (χ1) is 14.2. The van der Waals surface area contributed by atoms with Crippen molar-refractivity contribution in [1.82, 2.24) is 0 Å². The highest BCUT2D eigenvalue weighted by Gasteiger charge is 2.36. The molecule has 0 aromatic heterocycles. The number of aliphatic hydroxyl groups excluding tert-OH is 1. The van der Waals surface area contributed by atoms with Crippen LogP contribution < -0.4 is 0 Å². The number of carbonyl (C=O) groups is 1. The average Bonchev–Trinajstić information content (AvgIpc) is 2.67. The van der Waals surface area contributed by atoms with Crippen molar-refractivity contribution in [3.8, 4) is 0 Å². The third-order valence-electron chi connectivity index (χ3n) is 5.95. The second-order valence-corrected chi connectivity index (χ2v) is 10.3. The molecule has 3 nitrogen and oxygen atoms in total. The van der Waals surface area contributed by atoms with E-state index in [0.717, 1.165) is 23.1 Å². The Morgan fingerprint density at radius 3 is 2.73 bits per heavy atom. The van der Waals surface area contributed by atoms with Crippen LogP contribution in [0.5, 0.6) is 0 Å². The van der Waals surface area contributed by atoms with Gasteiger partial charge in [-0.3, -0.25) is 4.79 Å². The summed E-state index contributed by atoms with van der Waals surface area (Å²) in [5.74, 6) is -0.536. The van der Waals surface area contributed by atoms with Crippen LogP contribution in [0.3, 0.4) is 0 Å².